The average Bonchev–Trinajstić information content (AvgIpc) is 1.21. The SMILES string of the molecule is [CH2-]C(C)(C)CN(C)C.[CH3-].[Y].[Y]. The molecule has 0 fully saturated rings. The third-order valence-corrected chi connectivity index (χ3v) is 0.744. The summed E-state index contributed by atoms with van der Waals surface area (Å²) in [5.74, 6) is 0. The molecule has 11 heavy (non-hydrogen) atoms. The topological polar surface area (TPSA) is 3.24 Å². The van der Waals surface area contributed by atoms with E-state index in [1.54, 1.807) is 0 Å². The number of rotatable bonds is 2. The standard InChI is InChI=1S/C7H16N.CH3.2Y/c1-7(2,3)6-8(4)5;;;/h1,6H2,2-5H3;1H3;;/q2*-1;;. The Hall–Kier alpha value is 2.17. The minimum atomic E-state index is 0. The predicted molar refractivity (Wildman–Crippen MR) is 44.1 cm³/mol. The van der Waals surface area contributed by atoms with E-state index >= 15 is 0 Å². The Morgan fingerprint density at radius 1 is 1.18 bits per heavy atom. The van der Waals surface area contributed by atoms with E-state index in [4.69, 9.17) is 0 Å². The monoisotopic (exact) mass is 307 g/mol. The van der Waals surface area contributed by atoms with Crippen LogP contribution in [0.15, 0.2) is 0 Å². The molecule has 0 aromatic heterocycles. The van der Waals surface area contributed by atoms with Gasteiger partial charge in [-0.1, -0.05) is 13.8 Å². The summed E-state index contributed by atoms with van der Waals surface area (Å²) in [5, 5.41) is 0. The molecule has 0 atom stereocenters. The molecule has 0 aromatic carbocycles. The Morgan fingerprint density at radius 3 is 1.45 bits per heavy atom. The van der Waals surface area contributed by atoms with Gasteiger partial charge in [0.1, 0.15) is 0 Å². The summed E-state index contributed by atoms with van der Waals surface area (Å²) in [7, 11) is 4.12. The van der Waals surface area contributed by atoms with Crippen molar-refractivity contribution in [3.05, 3.63) is 14.4 Å². The van der Waals surface area contributed by atoms with E-state index < -0.39 is 0 Å². The smallest absolute Gasteiger partial charge is 0 e. The molecule has 0 aliphatic rings. The largest absolute Gasteiger partial charge is 0.358 e. The van der Waals surface area contributed by atoms with Crippen molar-refractivity contribution in [2.24, 2.45) is 5.41 Å². The van der Waals surface area contributed by atoms with Crippen LogP contribution in [0.1, 0.15) is 13.8 Å². The fourth-order valence-electron chi connectivity index (χ4n) is 0.856. The maximum atomic E-state index is 3.97. The Balaban J connectivity index is -0.0000000817. The van der Waals surface area contributed by atoms with E-state index in [0.717, 1.165) is 6.54 Å². The Labute approximate surface area is 123 Å². The summed E-state index contributed by atoms with van der Waals surface area (Å²) < 4.78 is 0. The van der Waals surface area contributed by atoms with E-state index in [-0.39, 0.29) is 78.3 Å². The Kier molecular flexibility index (Phi) is 21.6. The van der Waals surface area contributed by atoms with Gasteiger partial charge in [-0.05, 0) is 20.6 Å². The maximum Gasteiger partial charge on any atom is 0 e. The van der Waals surface area contributed by atoms with Gasteiger partial charge in [0.05, 0.1) is 0 Å². The first-order valence-electron chi connectivity index (χ1n) is 2.92. The summed E-state index contributed by atoms with van der Waals surface area (Å²) in [6, 6.07) is 0. The molecule has 64 valence electrons. The zero-order chi connectivity index (χ0) is 6.78. The molecule has 0 saturated carbocycles. The van der Waals surface area contributed by atoms with Crippen molar-refractivity contribution in [3.8, 4) is 0 Å². The summed E-state index contributed by atoms with van der Waals surface area (Å²) in [6.45, 7) is 9.28. The first-order chi connectivity index (χ1) is 3.42. The normalized spacial score (nSPS) is 9.27. The number of hydrogen-bond donors (Lipinski definition) is 0. The second kappa shape index (κ2) is 10.2. The van der Waals surface area contributed by atoms with Crippen LogP contribution in [-0.2, 0) is 65.4 Å². The van der Waals surface area contributed by atoms with Gasteiger partial charge in [-0.3, -0.25) is 0 Å². The average molecular weight is 307 g/mol. The van der Waals surface area contributed by atoms with Gasteiger partial charge in [-0.25, -0.2) is 0 Å². The van der Waals surface area contributed by atoms with Crippen LogP contribution >= 0.6 is 0 Å². The summed E-state index contributed by atoms with van der Waals surface area (Å²) in [4.78, 5) is 2.15. The van der Waals surface area contributed by atoms with Gasteiger partial charge in [0.15, 0.2) is 0 Å². The van der Waals surface area contributed by atoms with E-state index in [1.807, 2.05) is 0 Å². The fraction of sp³-hybridized carbons (Fsp3) is 0.750. The molecule has 1 nitrogen and oxygen atoms in total. The molecule has 0 aromatic rings. The maximum absolute atomic E-state index is 3.97. The van der Waals surface area contributed by atoms with E-state index in [0.29, 0.717) is 0 Å². The quantitative estimate of drug-likeness (QED) is 0.704. The molecule has 0 heterocycles. The van der Waals surface area contributed by atoms with Crippen LogP contribution in [0.2, 0.25) is 0 Å². The van der Waals surface area contributed by atoms with Gasteiger partial charge in [0.2, 0.25) is 0 Å². The first kappa shape index (κ1) is 23.2. The van der Waals surface area contributed by atoms with Crippen LogP contribution in [0.5, 0.6) is 0 Å². The summed E-state index contributed by atoms with van der Waals surface area (Å²) in [6.07, 6.45) is 0. The van der Waals surface area contributed by atoms with Crippen molar-refractivity contribution < 1.29 is 65.4 Å². The first-order valence-corrected chi connectivity index (χ1v) is 2.92. The molecule has 0 rings (SSSR count). The van der Waals surface area contributed by atoms with Gasteiger partial charge < -0.3 is 19.3 Å². The predicted octanol–water partition coefficient (Wildman–Crippen LogP) is 1.85. The van der Waals surface area contributed by atoms with Crippen molar-refractivity contribution in [2.75, 3.05) is 20.6 Å². The summed E-state index contributed by atoms with van der Waals surface area (Å²) >= 11 is 0. The van der Waals surface area contributed by atoms with Crippen LogP contribution < -0.4 is 0 Å². The molecule has 0 aliphatic carbocycles. The minimum absolute atomic E-state index is 0. The molecule has 0 amide bonds. The fourth-order valence-corrected chi connectivity index (χ4v) is 0.856. The summed E-state index contributed by atoms with van der Waals surface area (Å²) in [5.41, 5.74) is 0.198. The molecule has 0 spiro atoms. The zero-order valence-electron chi connectivity index (χ0n) is 8.52. The van der Waals surface area contributed by atoms with Crippen molar-refractivity contribution >= 4 is 0 Å². The van der Waals surface area contributed by atoms with Crippen LogP contribution in [0.3, 0.4) is 0 Å². The van der Waals surface area contributed by atoms with Crippen molar-refractivity contribution in [3.63, 3.8) is 0 Å². The van der Waals surface area contributed by atoms with Gasteiger partial charge in [0.25, 0.3) is 0 Å². The van der Waals surface area contributed by atoms with Crippen molar-refractivity contribution in [1.82, 2.24) is 4.90 Å². The van der Waals surface area contributed by atoms with Crippen molar-refractivity contribution in [1.29, 1.82) is 0 Å². The molecule has 2 radical (unpaired) electrons. The van der Waals surface area contributed by atoms with Crippen LogP contribution in [-0.4, -0.2) is 25.5 Å². The minimum Gasteiger partial charge on any atom is -0.358 e. The molecule has 0 saturated heterocycles. The molecule has 0 unspecified atom stereocenters. The second-order valence-electron chi connectivity index (χ2n) is 3.40. The molecule has 0 aliphatic heterocycles. The third kappa shape index (κ3) is 24.5. The Morgan fingerprint density at radius 2 is 1.45 bits per heavy atom. The van der Waals surface area contributed by atoms with Crippen LogP contribution in [0.25, 0.3) is 0 Å². The molecule has 0 N–H and O–H groups in total. The van der Waals surface area contributed by atoms with E-state index in [1.165, 1.54) is 0 Å². The Bertz CT molecular complexity index is 67.0. The zero-order valence-corrected chi connectivity index (χ0v) is 14.2. The molecular weight excluding hydrogens is 288 g/mol. The number of hydrogen-bond acceptors (Lipinski definition) is 1. The van der Waals surface area contributed by atoms with E-state index in [9.17, 15) is 0 Å². The van der Waals surface area contributed by atoms with Gasteiger partial charge >= 0.3 is 0 Å². The molecular formula is C8H19NY2-2. The number of nitrogens with zero attached hydrogens (tertiary/aromatic N) is 1. The molecule has 3 heteroatoms. The second-order valence-corrected chi connectivity index (χ2v) is 3.40. The van der Waals surface area contributed by atoms with Gasteiger partial charge in [-0.2, -0.15) is 5.41 Å². The van der Waals surface area contributed by atoms with Gasteiger partial charge in [0, 0.05) is 65.4 Å². The van der Waals surface area contributed by atoms with Gasteiger partial charge in [-0.15, -0.1) is 0 Å². The van der Waals surface area contributed by atoms with Crippen LogP contribution in [0.4, 0.5) is 0 Å². The third-order valence-electron chi connectivity index (χ3n) is 0.744. The van der Waals surface area contributed by atoms with E-state index in [2.05, 4.69) is 39.8 Å². The van der Waals surface area contributed by atoms with Crippen LogP contribution in [0, 0.1) is 19.8 Å². The van der Waals surface area contributed by atoms with Crippen molar-refractivity contribution in [2.45, 2.75) is 13.8 Å². The molecule has 0 bridgehead atoms.